The minimum Gasteiger partial charge on any atom is -0.394 e. The molecule has 5 N–H and O–H groups in total. The van der Waals surface area contributed by atoms with E-state index >= 15 is 0 Å². The summed E-state index contributed by atoms with van der Waals surface area (Å²) in [5.74, 6) is 0. The van der Waals surface area contributed by atoms with E-state index < -0.39 is 31.0 Å². The molecule has 0 fully saturated rings. The van der Waals surface area contributed by atoms with Crippen molar-refractivity contribution in [3.8, 4) is 0 Å². The summed E-state index contributed by atoms with van der Waals surface area (Å²) in [6.07, 6.45) is -6.84. The summed E-state index contributed by atoms with van der Waals surface area (Å²) in [6, 6.07) is 0. The van der Waals surface area contributed by atoms with E-state index in [1.54, 1.807) is 0 Å². The molecule has 0 saturated carbocycles. The molecule has 0 rings (SSSR count). The Hall–Kier alpha value is -0.0500. The van der Waals surface area contributed by atoms with E-state index in [9.17, 15) is 4.79 Å². The van der Waals surface area contributed by atoms with Gasteiger partial charge in [-0.25, -0.2) is 0 Å². The third-order valence-corrected chi connectivity index (χ3v) is 1.42. The molecule has 0 spiro atoms. The number of hydrogen-bond donors (Lipinski definition) is 5. The van der Waals surface area contributed by atoms with Gasteiger partial charge in [-0.2, -0.15) is 0 Å². The number of rotatable bonds is 5. The van der Waals surface area contributed by atoms with Crippen LogP contribution >= 0.6 is 17.0 Å². The summed E-state index contributed by atoms with van der Waals surface area (Å²) < 4.78 is 0. The molecule has 13 heavy (non-hydrogen) atoms. The van der Waals surface area contributed by atoms with Gasteiger partial charge in [0.15, 0.2) is 6.29 Å². The van der Waals surface area contributed by atoms with Crippen LogP contribution in [-0.4, -0.2) is 62.8 Å². The molecule has 4 unspecified atom stereocenters. The third-order valence-electron chi connectivity index (χ3n) is 1.42. The Morgan fingerprint density at radius 1 is 1.08 bits per heavy atom. The molecular formula is C6H13BrO6. The van der Waals surface area contributed by atoms with Gasteiger partial charge in [-0.3, -0.25) is 0 Å². The normalized spacial score (nSPS) is 19.5. The lowest BCUT2D eigenvalue weighted by atomic mass is 10.0. The second kappa shape index (κ2) is 7.36. The van der Waals surface area contributed by atoms with Gasteiger partial charge in [-0.05, 0) is 0 Å². The van der Waals surface area contributed by atoms with Crippen LogP contribution in [0, 0.1) is 0 Å². The predicted molar refractivity (Wildman–Crippen MR) is 47.5 cm³/mol. The zero-order valence-electron chi connectivity index (χ0n) is 6.65. The van der Waals surface area contributed by atoms with Gasteiger partial charge in [0.05, 0.1) is 6.61 Å². The summed E-state index contributed by atoms with van der Waals surface area (Å²) in [7, 11) is 0. The van der Waals surface area contributed by atoms with Crippen LogP contribution in [0.1, 0.15) is 0 Å². The minimum absolute atomic E-state index is 0. The SMILES string of the molecule is Br.O=CC(O)C(O)C(O)C(O)CO. The maximum atomic E-state index is 9.90. The summed E-state index contributed by atoms with van der Waals surface area (Å²) in [5, 5.41) is 43.5. The van der Waals surface area contributed by atoms with E-state index in [1.807, 2.05) is 0 Å². The number of hydrogen-bond acceptors (Lipinski definition) is 6. The number of carbonyl (C=O) groups is 1. The number of aldehydes is 1. The first kappa shape index (κ1) is 15.4. The molecule has 0 aliphatic heterocycles. The fourth-order valence-corrected chi connectivity index (χ4v) is 0.618. The van der Waals surface area contributed by atoms with Crippen molar-refractivity contribution in [3.63, 3.8) is 0 Å². The van der Waals surface area contributed by atoms with Gasteiger partial charge >= 0.3 is 0 Å². The Bertz CT molecular complexity index is 143. The van der Waals surface area contributed by atoms with Crippen molar-refractivity contribution < 1.29 is 30.3 Å². The van der Waals surface area contributed by atoms with E-state index in [-0.39, 0.29) is 23.3 Å². The lowest BCUT2D eigenvalue weighted by Gasteiger charge is -2.22. The fourth-order valence-electron chi connectivity index (χ4n) is 0.618. The van der Waals surface area contributed by atoms with Crippen molar-refractivity contribution in [2.24, 2.45) is 0 Å². The molecule has 6 nitrogen and oxygen atoms in total. The van der Waals surface area contributed by atoms with Crippen LogP contribution in [-0.2, 0) is 4.79 Å². The first-order valence-electron chi connectivity index (χ1n) is 3.33. The van der Waals surface area contributed by atoms with Crippen LogP contribution in [0.4, 0.5) is 0 Å². The third kappa shape index (κ3) is 4.65. The van der Waals surface area contributed by atoms with Gasteiger partial charge < -0.3 is 30.3 Å². The van der Waals surface area contributed by atoms with Crippen LogP contribution in [0.15, 0.2) is 0 Å². The predicted octanol–water partition coefficient (Wildman–Crippen LogP) is -2.80. The maximum Gasteiger partial charge on any atom is 0.151 e. The molecule has 4 atom stereocenters. The largest absolute Gasteiger partial charge is 0.394 e. The minimum atomic E-state index is -1.79. The van der Waals surface area contributed by atoms with E-state index in [1.165, 1.54) is 0 Å². The topological polar surface area (TPSA) is 118 Å². The summed E-state index contributed by atoms with van der Waals surface area (Å²) in [6.45, 7) is -0.760. The molecule has 0 aliphatic carbocycles. The van der Waals surface area contributed by atoms with Gasteiger partial charge in [-0.15, -0.1) is 17.0 Å². The first-order valence-corrected chi connectivity index (χ1v) is 3.33. The molecule has 0 aromatic carbocycles. The Balaban J connectivity index is 0. The monoisotopic (exact) mass is 260 g/mol. The van der Waals surface area contributed by atoms with Crippen LogP contribution in [0.3, 0.4) is 0 Å². The average Bonchev–Trinajstić information content (AvgIpc) is 2.12. The van der Waals surface area contributed by atoms with Crippen molar-refractivity contribution in [3.05, 3.63) is 0 Å². The molecule has 0 radical (unpaired) electrons. The fraction of sp³-hybridized carbons (Fsp3) is 0.833. The molecule has 0 aromatic heterocycles. The molecule has 0 amide bonds. The average molecular weight is 261 g/mol. The summed E-state index contributed by atoms with van der Waals surface area (Å²) >= 11 is 0. The molecular weight excluding hydrogens is 248 g/mol. The van der Waals surface area contributed by atoms with Gasteiger partial charge in [0.25, 0.3) is 0 Å². The quantitative estimate of drug-likeness (QED) is 0.341. The molecule has 80 valence electrons. The Morgan fingerprint density at radius 2 is 1.54 bits per heavy atom. The number of aliphatic hydroxyl groups excluding tert-OH is 5. The second-order valence-electron chi connectivity index (χ2n) is 2.36. The van der Waals surface area contributed by atoms with Crippen molar-refractivity contribution in [1.82, 2.24) is 0 Å². The highest BCUT2D eigenvalue weighted by Crippen LogP contribution is 2.02. The zero-order chi connectivity index (χ0) is 9.72. The van der Waals surface area contributed by atoms with Crippen LogP contribution in [0.2, 0.25) is 0 Å². The van der Waals surface area contributed by atoms with Crippen LogP contribution < -0.4 is 0 Å². The Labute approximate surface area is 85.2 Å². The number of halogens is 1. The molecule has 0 aromatic rings. The lowest BCUT2D eigenvalue weighted by molar-refractivity contribution is -0.136. The van der Waals surface area contributed by atoms with E-state index in [0.29, 0.717) is 0 Å². The second-order valence-corrected chi connectivity index (χ2v) is 2.36. The summed E-state index contributed by atoms with van der Waals surface area (Å²) in [5.41, 5.74) is 0. The highest BCUT2D eigenvalue weighted by Gasteiger charge is 2.29. The smallest absolute Gasteiger partial charge is 0.151 e. The van der Waals surface area contributed by atoms with Crippen molar-refractivity contribution in [2.75, 3.05) is 6.61 Å². The number of aliphatic hydroxyl groups is 5. The van der Waals surface area contributed by atoms with E-state index in [4.69, 9.17) is 25.5 Å². The Morgan fingerprint density at radius 3 is 1.85 bits per heavy atom. The van der Waals surface area contributed by atoms with Crippen molar-refractivity contribution >= 4 is 23.3 Å². The maximum absolute atomic E-state index is 9.90. The van der Waals surface area contributed by atoms with Crippen LogP contribution in [0.25, 0.3) is 0 Å². The van der Waals surface area contributed by atoms with Gasteiger partial charge in [0, 0.05) is 0 Å². The van der Waals surface area contributed by atoms with E-state index in [0.717, 1.165) is 0 Å². The molecule has 0 heterocycles. The highest BCUT2D eigenvalue weighted by molar-refractivity contribution is 8.93. The zero-order valence-corrected chi connectivity index (χ0v) is 8.36. The Kier molecular flexibility index (Phi) is 8.74. The molecule has 7 heteroatoms. The first-order chi connectivity index (χ1) is 5.54. The molecule has 0 saturated heterocycles. The van der Waals surface area contributed by atoms with Gasteiger partial charge in [0.1, 0.15) is 24.4 Å². The van der Waals surface area contributed by atoms with E-state index in [2.05, 4.69) is 0 Å². The standard InChI is InChI=1S/C6H12O6.BrH/c7-1-3(9)5(11)6(12)4(10)2-8;/h1,3-6,8-12H,2H2;1H. The highest BCUT2D eigenvalue weighted by atomic mass is 79.9. The molecule has 0 bridgehead atoms. The molecule has 0 aliphatic rings. The van der Waals surface area contributed by atoms with Gasteiger partial charge in [0.2, 0.25) is 0 Å². The van der Waals surface area contributed by atoms with Crippen molar-refractivity contribution in [1.29, 1.82) is 0 Å². The lowest BCUT2D eigenvalue weighted by Crippen LogP contribution is -2.46. The summed E-state index contributed by atoms with van der Waals surface area (Å²) in [4.78, 5) is 9.90. The van der Waals surface area contributed by atoms with Gasteiger partial charge in [-0.1, -0.05) is 0 Å². The number of carbonyl (C=O) groups excluding carboxylic acids is 1. The van der Waals surface area contributed by atoms with Crippen LogP contribution in [0.5, 0.6) is 0 Å². The van der Waals surface area contributed by atoms with Crippen molar-refractivity contribution in [2.45, 2.75) is 24.4 Å².